The number of thiazole rings is 1. The summed E-state index contributed by atoms with van der Waals surface area (Å²) < 4.78 is 28.1. The molecule has 1 aromatic heterocycles. The van der Waals surface area contributed by atoms with Crippen molar-refractivity contribution in [3.05, 3.63) is 35.5 Å². The summed E-state index contributed by atoms with van der Waals surface area (Å²) in [5, 5.41) is 2.80. The SMILES string of the molecule is COc1c(C)cccc1C(=O)Nc1ncc(S(C)(=O)=O)s1. The molecule has 0 radical (unpaired) electrons. The van der Waals surface area contributed by atoms with E-state index in [4.69, 9.17) is 4.74 Å². The Labute approximate surface area is 126 Å². The van der Waals surface area contributed by atoms with Gasteiger partial charge in [0.1, 0.15) is 9.96 Å². The average Bonchev–Trinajstić information content (AvgIpc) is 2.86. The number of para-hydroxylation sites is 1. The average molecular weight is 326 g/mol. The quantitative estimate of drug-likeness (QED) is 0.930. The molecule has 0 spiro atoms. The van der Waals surface area contributed by atoms with Crippen LogP contribution in [0.25, 0.3) is 0 Å². The minimum Gasteiger partial charge on any atom is -0.496 e. The molecule has 2 aromatic rings. The maximum atomic E-state index is 12.2. The number of hydrogen-bond donors (Lipinski definition) is 1. The first-order valence-electron chi connectivity index (χ1n) is 5.93. The van der Waals surface area contributed by atoms with Crippen LogP contribution in [-0.4, -0.2) is 32.7 Å². The molecule has 0 bridgehead atoms. The number of carbonyl (C=O) groups is 1. The molecule has 112 valence electrons. The number of anilines is 1. The molecule has 6 nitrogen and oxygen atoms in total. The van der Waals surface area contributed by atoms with Crippen LogP contribution in [0.5, 0.6) is 5.75 Å². The second-order valence-corrected chi connectivity index (χ2v) is 7.64. The third-order valence-electron chi connectivity index (χ3n) is 2.73. The van der Waals surface area contributed by atoms with Gasteiger partial charge in [0.25, 0.3) is 5.91 Å². The fourth-order valence-corrected chi connectivity index (χ4v) is 3.39. The van der Waals surface area contributed by atoms with E-state index < -0.39 is 15.7 Å². The number of nitrogens with zero attached hydrogens (tertiary/aromatic N) is 1. The summed E-state index contributed by atoms with van der Waals surface area (Å²) in [6, 6.07) is 5.21. The van der Waals surface area contributed by atoms with Gasteiger partial charge in [-0.15, -0.1) is 0 Å². The third-order valence-corrected chi connectivity index (χ3v) is 5.43. The molecule has 0 unspecified atom stereocenters. The molecule has 0 aliphatic heterocycles. The van der Waals surface area contributed by atoms with Crippen molar-refractivity contribution < 1.29 is 17.9 Å². The van der Waals surface area contributed by atoms with Crippen LogP contribution in [0, 0.1) is 6.92 Å². The van der Waals surface area contributed by atoms with Crippen molar-refractivity contribution in [2.75, 3.05) is 18.7 Å². The summed E-state index contributed by atoms with van der Waals surface area (Å²) in [5.41, 5.74) is 1.20. The lowest BCUT2D eigenvalue weighted by Gasteiger charge is -2.10. The highest BCUT2D eigenvalue weighted by molar-refractivity contribution is 7.92. The van der Waals surface area contributed by atoms with E-state index in [-0.39, 0.29) is 9.34 Å². The highest BCUT2D eigenvalue weighted by atomic mass is 32.2. The van der Waals surface area contributed by atoms with E-state index in [1.807, 2.05) is 13.0 Å². The predicted molar refractivity (Wildman–Crippen MR) is 80.9 cm³/mol. The summed E-state index contributed by atoms with van der Waals surface area (Å²) in [4.78, 5) is 16.1. The van der Waals surface area contributed by atoms with Gasteiger partial charge < -0.3 is 4.74 Å². The Hall–Kier alpha value is -1.93. The smallest absolute Gasteiger partial charge is 0.261 e. The zero-order chi connectivity index (χ0) is 15.6. The first-order valence-corrected chi connectivity index (χ1v) is 8.64. The van der Waals surface area contributed by atoms with Crippen molar-refractivity contribution in [2.24, 2.45) is 0 Å². The molecule has 8 heteroatoms. The molecular weight excluding hydrogens is 312 g/mol. The summed E-state index contributed by atoms with van der Waals surface area (Å²) in [6.07, 6.45) is 2.32. The molecule has 21 heavy (non-hydrogen) atoms. The first kappa shape index (κ1) is 15.5. The molecule has 0 aliphatic carbocycles. The maximum absolute atomic E-state index is 12.2. The molecule has 0 saturated heterocycles. The Kier molecular flexibility index (Phi) is 4.29. The molecule has 1 amide bonds. The number of carbonyl (C=O) groups excluding carboxylic acids is 1. The zero-order valence-corrected chi connectivity index (χ0v) is 13.3. The van der Waals surface area contributed by atoms with E-state index in [1.165, 1.54) is 13.3 Å². The zero-order valence-electron chi connectivity index (χ0n) is 11.7. The Morgan fingerprint density at radius 2 is 2.10 bits per heavy atom. The van der Waals surface area contributed by atoms with Crippen LogP contribution < -0.4 is 10.1 Å². The van der Waals surface area contributed by atoms with Gasteiger partial charge in [0.15, 0.2) is 15.0 Å². The van der Waals surface area contributed by atoms with Gasteiger partial charge in [-0.25, -0.2) is 13.4 Å². The van der Waals surface area contributed by atoms with Crippen LogP contribution in [0.4, 0.5) is 5.13 Å². The number of aromatic nitrogens is 1. The summed E-state index contributed by atoms with van der Waals surface area (Å²) >= 11 is 0.909. The molecule has 2 rings (SSSR count). The molecular formula is C13H14N2O4S2. The van der Waals surface area contributed by atoms with Crippen LogP contribution in [0.15, 0.2) is 28.6 Å². The van der Waals surface area contributed by atoms with E-state index in [9.17, 15) is 13.2 Å². The lowest BCUT2D eigenvalue weighted by atomic mass is 10.1. The van der Waals surface area contributed by atoms with Gasteiger partial charge >= 0.3 is 0 Å². The number of nitrogens with one attached hydrogen (secondary N) is 1. The Balaban J connectivity index is 2.27. The molecule has 1 aromatic carbocycles. The minimum atomic E-state index is -3.32. The lowest BCUT2D eigenvalue weighted by molar-refractivity contribution is 0.102. The molecule has 1 heterocycles. The standard InChI is InChI=1S/C13H14N2O4S2/c1-8-5-4-6-9(11(8)19-2)12(16)15-13-14-7-10(20-13)21(3,17)18/h4-7H,1-3H3,(H,14,15,16). The minimum absolute atomic E-state index is 0.106. The van der Waals surface area contributed by atoms with E-state index in [1.54, 1.807) is 12.1 Å². The highest BCUT2D eigenvalue weighted by Gasteiger charge is 2.17. The second-order valence-electron chi connectivity index (χ2n) is 4.37. The van der Waals surface area contributed by atoms with Crippen LogP contribution in [-0.2, 0) is 9.84 Å². The lowest BCUT2D eigenvalue weighted by Crippen LogP contribution is -2.13. The van der Waals surface area contributed by atoms with Gasteiger partial charge in [-0.05, 0) is 18.6 Å². The normalized spacial score (nSPS) is 11.2. The second kappa shape index (κ2) is 5.82. The maximum Gasteiger partial charge on any atom is 0.261 e. The van der Waals surface area contributed by atoms with Crippen LogP contribution in [0.2, 0.25) is 0 Å². The highest BCUT2D eigenvalue weighted by Crippen LogP contribution is 2.26. The summed E-state index contributed by atoms with van der Waals surface area (Å²) in [5.74, 6) is 0.0832. The number of methoxy groups -OCH3 is 1. The van der Waals surface area contributed by atoms with E-state index in [0.29, 0.717) is 11.3 Å². The fraction of sp³-hybridized carbons (Fsp3) is 0.231. The van der Waals surface area contributed by atoms with Crippen molar-refractivity contribution in [2.45, 2.75) is 11.1 Å². The number of benzene rings is 1. The van der Waals surface area contributed by atoms with Crippen molar-refractivity contribution in [1.82, 2.24) is 4.98 Å². The van der Waals surface area contributed by atoms with Gasteiger partial charge in [-0.3, -0.25) is 10.1 Å². The van der Waals surface area contributed by atoms with Gasteiger partial charge in [0.05, 0.1) is 18.9 Å². The van der Waals surface area contributed by atoms with Crippen molar-refractivity contribution >= 4 is 32.2 Å². The van der Waals surface area contributed by atoms with Crippen LogP contribution in [0.1, 0.15) is 15.9 Å². The molecule has 0 atom stereocenters. The van der Waals surface area contributed by atoms with Crippen molar-refractivity contribution in [3.63, 3.8) is 0 Å². The summed E-state index contributed by atoms with van der Waals surface area (Å²) in [6.45, 7) is 1.83. The molecule has 0 aliphatic rings. The van der Waals surface area contributed by atoms with Gasteiger partial charge in [-0.1, -0.05) is 23.5 Å². The number of hydrogen-bond acceptors (Lipinski definition) is 6. The van der Waals surface area contributed by atoms with Crippen molar-refractivity contribution in [1.29, 1.82) is 0 Å². The van der Waals surface area contributed by atoms with E-state index >= 15 is 0 Å². The van der Waals surface area contributed by atoms with Gasteiger partial charge in [0, 0.05) is 6.26 Å². The van der Waals surface area contributed by atoms with Gasteiger partial charge in [0.2, 0.25) is 0 Å². The molecule has 0 saturated carbocycles. The number of ether oxygens (including phenoxy) is 1. The van der Waals surface area contributed by atoms with Crippen molar-refractivity contribution in [3.8, 4) is 5.75 Å². The number of aryl methyl sites for hydroxylation is 1. The largest absolute Gasteiger partial charge is 0.496 e. The monoisotopic (exact) mass is 326 g/mol. The van der Waals surface area contributed by atoms with E-state index in [0.717, 1.165) is 23.2 Å². The Morgan fingerprint density at radius 3 is 2.67 bits per heavy atom. The topological polar surface area (TPSA) is 85.4 Å². The number of sulfone groups is 1. The van der Waals surface area contributed by atoms with Crippen LogP contribution in [0.3, 0.4) is 0 Å². The van der Waals surface area contributed by atoms with Gasteiger partial charge in [-0.2, -0.15) is 0 Å². The van der Waals surface area contributed by atoms with Crippen LogP contribution >= 0.6 is 11.3 Å². The summed E-state index contributed by atoms with van der Waals surface area (Å²) in [7, 11) is -1.83. The Bertz CT molecular complexity index is 781. The number of rotatable bonds is 4. The third kappa shape index (κ3) is 3.40. The first-order chi connectivity index (χ1) is 9.82. The molecule has 1 N–H and O–H groups in total. The number of amides is 1. The fourth-order valence-electron chi connectivity index (χ4n) is 1.76. The van der Waals surface area contributed by atoms with E-state index in [2.05, 4.69) is 10.3 Å². The predicted octanol–water partition coefficient (Wildman–Crippen LogP) is 2.12. The Morgan fingerprint density at radius 1 is 1.38 bits per heavy atom. The molecule has 0 fully saturated rings.